The van der Waals surface area contributed by atoms with Gasteiger partial charge in [0.15, 0.2) is 9.84 Å². The number of aliphatic hydroxyl groups is 1. The minimum absolute atomic E-state index is 0.533. The second-order valence-corrected chi connectivity index (χ2v) is 5.72. The number of alkyl halides is 3. The Morgan fingerprint density at radius 2 is 1.74 bits per heavy atom. The molecule has 1 rings (SSSR count). The molecule has 104 valence electrons. The van der Waals surface area contributed by atoms with Gasteiger partial charge in [0, 0.05) is 0 Å². The van der Waals surface area contributed by atoms with Gasteiger partial charge in [-0.25, -0.2) is 8.42 Å². The van der Waals surface area contributed by atoms with Crippen LogP contribution in [-0.4, -0.2) is 30.7 Å². The number of halogens is 3. The second kappa shape index (κ2) is 4.80. The van der Waals surface area contributed by atoms with E-state index in [1.54, 1.807) is 0 Å². The Labute approximate surface area is 107 Å². The number of nitrogens with zero attached hydrogens (tertiary/aromatic N) is 1. The third-order valence-corrected chi connectivity index (χ3v) is 4.37. The summed E-state index contributed by atoms with van der Waals surface area (Å²) in [6.45, 7) is 0. The quantitative estimate of drug-likeness (QED) is 0.793. The fourth-order valence-corrected chi connectivity index (χ4v) is 2.85. The highest BCUT2D eigenvalue weighted by Crippen LogP contribution is 2.33. The molecule has 0 aliphatic heterocycles. The number of benzene rings is 1. The van der Waals surface area contributed by atoms with Crippen LogP contribution in [0.15, 0.2) is 35.2 Å². The molecule has 0 spiro atoms. The van der Waals surface area contributed by atoms with Crippen molar-refractivity contribution in [1.29, 1.82) is 5.26 Å². The van der Waals surface area contributed by atoms with Gasteiger partial charge in [-0.05, 0) is 12.1 Å². The summed E-state index contributed by atoms with van der Waals surface area (Å²) < 4.78 is 61.4. The Balaban J connectivity index is 3.38. The van der Waals surface area contributed by atoms with Crippen LogP contribution in [0.1, 0.15) is 0 Å². The van der Waals surface area contributed by atoms with E-state index < -0.39 is 31.9 Å². The van der Waals surface area contributed by atoms with Crippen molar-refractivity contribution in [3.63, 3.8) is 0 Å². The fourth-order valence-electron chi connectivity index (χ4n) is 1.30. The first kappa shape index (κ1) is 15.4. The molecule has 1 aromatic rings. The molecule has 0 bridgehead atoms. The molecule has 0 aliphatic carbocycles. The highest BCUT2D eigenvalue weighted by molar-refractivity contribution is 7.92. The largest absolute Gasteiger partial charge is 0.433 e. The maximum absolute atomic E-state index is 12.5. The van der Waals surface area contributed by atoms with Crippen molar-refractivity contribution in [2.24, 2.45) is 5.73 Å². The van der Waals surface area contributed by atoms with E-state index in [4.69, 9.17) is 10.4 Å². The Bertz CT molecular complexity index is 591. The number of hydrogen-bond acceptors (Lipinski definition) is 5. The summed E-state index contributed by atoms with van der Waals surface area (Å²) in [7, 11) is -4.75. The lowest BCUT2D eigenvalue weighted by molar-refractivity contribution is -0.254. The molecule has 3 N–H and O–H groups in total. The highest BCUT2D eigenvalue weighted by Gasteiger charge is 2.61. The predicted molar refractivity (Wildman–Crippen MR) is 58.2 cm³/mol. The summed E-state index contributed by atoms with van der Waals surface area (Å²) in [5.74, 6) is 0. The van der Waals surface area contributed by atoms with Crippen LogP contribution in [0.5, 0.6) is 0 Å². The molecule has 5 nitrogen and oxygen atoms in total. The standard InChI is InChI=1S/C10H9F3N2O3S/c11-10(12,13)9(15,16)8(6-14)19(17,18)7-4-2-1-3-5-7/h1-5,8,16H,15H2. The first-order valence-electron chi connectivity index (χ1n) is 4.81. The summed E-state index contributed by atoms with van der Waals surface area (Å²) in [6.07, 6.45) is -5.46. The topological polar surface area (TPSA) is 104 Å². The summed E-state index contributed by atoms with van der Waals surface area (Å²) in [4.78, 5) is -0.533. The van der Waals surface area contributed by atoms with Crippen LogP contribution < -0.4 is 5.73 Å². The average Bonchev–Trinajstić information content (AvgIpc) is 2.28. The van der Waals surface area contributed by atoms with Gasteiger partial charge < -0.3 is 5.11 Å². The van der Waals surface area contributed by atoms with Gasteiger partial charge in [-0.1, -0.05) is 18.2 Å². The van der Waals surface area contributed by atoms with Crippen molar-refractivity contribution in [2.45, 2.75) is 22.0 Å². The van der Waals surface area contributed by atoms with Crippen LogP contribution >= 0.6 is 0 Å². The van der Waals surface area contributed by atoms with Crippen molar-refractivity contribution in [2.75, 3.05) is 0 Å². The SMILES string of the molecule is N#CC(C(N)(O)C(F)(F)F)S(=O)(=O)c1ccccc1. The van der Waals surface area contributed by atoms with E-state index in [1.807, 2.05) is 0 Å². The molecule has 0 saturated heterocycles. The number of hydrogen-bond donors (Lipinski definition) is 2. The molecule has 2 atom stereocenters. The summed E-state index contributed by atoms with van der Waals surface area (Å²) in [5, 5.41) is 15.0. The van der Waals surface area contributed by atoms with Gasteiger partial charge in [-0.15, -0.1) is 0 Å². The van der Waals surface area contributed by atoms with E-state index in [9.17, 15) is 21.6 Å². The number of sulfone groups is 1. The Hall–Kier alpha value is -1.63. The first-order chi connectivity index (χ1) is 8.55. The van der Waals surface area contributed by atoms with Crippen LogP contribution in [0.4, 0.5) is 13.2 Å². The summed E-state index contributed by atoms with van der Waals surface area (Å²) in [5.41, 5.74) is 0.445. The van der Waals surface area contributed by atoms with Gasteiger partial charge in [-0.3, -0.25) is 5.73 Å². The van der Waals surface area contributed by atoms with Crippen LogP contribution in [0.3, 0.4) is 0 Å². The van der Waals surface area contributed by atoms with Crippen molar-refractivity contribution < 1.29 is 26.7 Å². The zero-order valence-electron chi connectivity index (χ0n) is 9.29. The van der Waals surface area contributed by atoms with Crippen molar-refractivity contribution >= 4 is 9.84 Å². The first-order valence-corrected chi connectivity index (χ1v) is 6.36. The number of nitriles is 1. The third-order valence-electron chi connectivity index (χ3n) is 2.35. The lowest BCUT2D eigenvalue weighted by Gasteiger charge is -2.29. The van der Waals surface area contributed by atoms with Crippen molar-refractivity contribution in [1.82, 2.24) is 0 Å². The van der Waals surface area contributed by atoms with E-state index >= 15 is 0 Å². The smallest absolute Gasteiger partial charge is 0.366 e. The van der Waals surface area contributed by atoms with Gasteiger partial charge in [0.1, 0.15) is 0 Å². The molecule has 0 radical (unpaired) electrons. The molecule has 0 aliphatic rings. The zero-order chi connectivity index (χ0) is 14.9. The molecular weight excluding hydrogens is 285 g/mol. The summed E-state index contributed by atoms with van der Waals surface area (Å²) in [6, 6.07) is 6.90. The predicted octanol–water partition coefficient (Wildman–Crippen LogP) is 0.562. The van der Waals surface area contributed by atoms with E-state index in [0.29, 0.717) is 0 Å². The third kappa shape index (κ3) is 2.70. The maximum atomic E-state index is 12.5. The zero-order valence-corrected chi connectivity index (χ0v) is 10.1. The van der Waals surface area contributed by atoms with Crippen LogP contribution in [0.2, 0.25) is 0 Å². The molecule has 2 unspecified atom stereocenters. The number of rotatable bonds is 3. The van der Waals surface area contributed by atoms with E-state index in [1.165, 1.54) is 18.2 Å². The fraction of sp³-hybridized carbons (Fsp3) is 0.300. The van der Waals surface area contributed by atoms with E-state index in [2.05, 4.69) is 5.73 Å². The van der Waals surface area contributed by atoms with Gasteiger partial charge in [0.05, 0.1) is 11.0 Å². The average molecular weight is 294 g/mol. The normalized spacial score (nSPS) is 17.3. The molecule has 0 amide bonds. The maximum Gasteiger partial charge on any atom is 0.433 e. The van der Waals surface area contributed by atoms with Gasteiger partial charge in [0.2, 0.25) is 11.0 Å². The molecule has 0 heterocycles. The molecule has 0 saturated carbocycles. The molecule has 0 aromatic heterocycles. The monoisotopic (exact) mass is 294 g/mol. The lowest BCUT2D eigenvalue weighted by atomic mass is 10.1. The molecule has 19 heavy (non-hydrogen) atoms. The molecular formula is C10H9F3N2O3S. The van der Waals surface area contributed by atoms with Crippen LogP contribution in [-0.2, 0) is 9.84 Å². The van der Waals surface area contributed by atoms with Gasteiger partial charge in [-0.2, -0.15) is 18.4 Å². The Morgan fingerprint density at radius 1 is 1.26 bits per heavy atom. The second-order valence-electron chi connectivity index (χ2n) is 3.69. The van der Waals surface area contributed by atoms with Crippen LogP contribution in [0.25, 0.3) is 0 Å². The highest BCUT2D eigenvalue weighted by atomic mass is 32.2. The van der Waals surface area contributed by atoms with E-state index in [0.717, 1.165) is 18.2 Å². The van der Waals surface area contributed by atoms with Crippen molar-refractivity contribution in [3.05, 3.63) is 30.3 Å². The lowest BCUT2D eigenvalue weighted by Crippen LogP contribution is -2.63. The molecule has 0 fully saturated rings. The van der Waals surface area contributed by atoms with Crippen LogP contribution in [0, 0.1) is 11.3 Å². The minimum atomic E-state index is -5.46. The molecule has 9 heteroatoms. The molecule has 1 aromatic carbocycles. The minimum Gasteiger partial charge on any atom is -0.366 e. The van der Waals surface area contributed by atoms with Gasteiger partial charge in [0.25, 0.3) is 0 Å². The number of nitrogens with two attached hydrogens (primary N) is 1. The van der Waals surface area contributed by atoms with Crippen molar-refractivity contribution in [3.8, 4) is 6.07 Å². The Morgan fingerprint density at radius 3 is 2.11 bits per heavy atom. The van der Waals surface area contributed by atoms with E-state index in [-0.39, 0.29) is 0 Å². The Kier molecular flexibility index (Phi) is 3.90. The van der Waals surface area contributed by atoms with Gasteiger partial charge >= 0.3 is 6.18 Å². The summed E-state index contributed by atoms with van der Waals surface area (Å²) >= 11 is 0.